The molecule has 0 aromatic carbocycles. The maximum absolute atomic E-state index is 12.3. The Hall–Kier alpha value is 0.280. The van der Waals surface area contributed by atoms with Gasteiger partial charge in [-0.1, -0.05) is 33.1 Å². The minimum atomic E-state index is -0.916. The van der Waals surface area contributed by atoms with E-state index >= 15 is 0 Å². The van der Waals surface area contributed by atoms with E-state index in [2.05, 4.69) is 26.5 Å². The zero-order chi connectivity index (χ0) is 8.69. The Kier molecular flexibility index (Phi) is 7.13. The standard InChI is InChI=1S/C9H19FS/c1-3-5-8(4-2)6-7-9(10)11/h8-9,11H,3-7H2,1-2H3. The Bertz CT molecular complexity index is 83.6. The van der Waals surface area contributed by atoms with Gasteiger partial charge in [-0.2, -0.15) is 0 Å². The molecule has 0 heterocycles. The van der Waals surface area contributed by atoms with Gasteiger partial charge in [-0.3, -0.25) is 0 Å². The maximum atomic E-state index is 12.3. The molecule has 2 heteroatoms. The van der Waals surface area contributed by atoms with Crippen LogP contribution < -0.4 is 0 Å². The van der Waals surface area contributed by atoms with Gasteiger partial charge in [-0.25, -0.2) is 4.39 Å². The Morgan fingerprint density at radius 2 is 1.82 bits per heavy atom. The third-order valence-electron chi connectivity index (χ3n) is 2.09. The van der Waals surface area contributed by atoms with E-state index in [1.165, 1.54) is 19.3 Å². The molecule has 0 aromatic heterocycles. The summed E-state index contributed by atoms with van der Waals surface area (Å²) in [6.07, 6.45) is 5.23. The van der Waals surface area contributed by atoms with Crippen LogP contribution in [0.3, 0.4) is 0 Å². The molecule has 0 aromatic rings. The van der Waals surface area contributed by atoms with E-state index in [1.54, 1.807) is 0 Å². The Morgan fingerprint density at radius 3 is 2.18 bits per heavy atom. The third-order valence-corrected chi connectivity index (χ3v) is 2.35. The van der Waals surface area contributed by atoms with Crippen LogP contribution in [0.5, 0.6) is 0 Å². The normalized spacial score (nSPS) is 16.4. The summed E-state index contributed by atoms with van der Waals surface area (Å²) in [6.45, 7) is 4.35. The van der Waals surface area contributed by atoms with E-state index in [-0.39, 0.29) is 0 Å². The molecule has 68 valence electrons. The van der Waals surface area contributed by atoms with Gasteiger partial charge in [0, 0.05) is 0 Å². The van der Waals surface area contributed by atoms with Crippen molar-refractivity contribution in [3.8, 4) is 0 Å². The van der Waals surface area contributed by atoms with E-state index in [0.717, 1.165) is 6.42 Å². The van der Waals surface area contributed by atoms with Gasteiger partial charge < -0.3 is 0 Å². The second kappa shape index (κ2) is 6.96. The second-order valence-electron chi connectivity index (χ2n) is 3.07. The van der Waals surface area contributed by atoms with Crippen LogP contribution in [0.2, 0.25) is 0 Å². The lowest BCUT2D eigenvalue weighted by Crippen LogP contribution is -2.01. The number of rotatable bonds is 6. The van der Waals surface area contributed by atoms with Crippen molar-refractivity contribution in [3.63, 3.8) is 0 Å². The first kappa shape index (κ1) is 11.3. The maximum Gasteiger partial charge on any atom is 0.143 e. The fourth-order valence-corrected chi connectivity index (χ4v) is 1.48. The monoisotopic (exact) mass is 178 g/mol. The van der Waals surface area contributed by atoms with Crippen LogP contribution in [0, 0.1) is 5.92 Å². The molecule has 0 rings (SSSR count). The van der Waals surface area contributed by atoms with Gasteiger partial charge in [-0.15, -0.1) is 12.6 Å². The molecule has 0 radical (unpaired) electrons. The largest absolute Gasteiger partial charge is 0.236 e. The van der Waals surface area contributed by atoms with Gasteiger partial charge in [0.2, 0.25) is 0 Å². The predicted octanol–water partition coefficient (Wildman–Crippen LogP) is 3.82. The molecular weight excluding hydrogens is 159 g/mol. The highest BCUT2D eigenvalue weighted by molar-refractivity contribution is 7.80. The lowest BCUT2D eigenvalue weighted by Gasteiger charge is -2.12. The molecule has 0 N–H and O–H groups in total. The second-order valence-corrected chi connectivity index (χ2v) is 3.64. The van der Waals surface area contributed by atoms with E-state index in [1.807, 2.05) is 0 Å². The van der Waals surface area contributed by atoms with Crippen molar-refractivity contribution >= 4 is 12.6 Å². The van der Waals surface area contributed by atoms with Crippen LogP contribution in [0.25, 0.3) is 0 Å². The molecule has 0 nitrogen and oxygen atoms in total. The summed E-state index contributed by atoms with van der Waals surface area (Å²) >= 11 is 3.71. The topological polar surface area (TPSA) is 0 Å². The summed E-state index contributed by atoms with van der Waals surface area (Å²) in [5.74, 6) is 0.713. The zero-order valence-electron chi connectivity index (χ0n) is 7.52. The first-order valence-electron chi connectivity index (χ1n) is 4.52. The molecule has 0 amide bonds. The van der Waals surface area contributed by atoms with Crippen molar-refractivity contribution in [2.45, 2.75) is 51.5 Å². The number of thiol groups is 1. The molecule has 2 unspecified atom stereocenters. The van der Waals surface area contributed by atoms with Crippen LogP contribution in [0.4, 0.5) is 4.39 Å². The van der Waals surface area contributed by atoms with Crippen molar-refractivity contribution in [1.82, 2.24) is 0 Å². The quantitative estimate of drug-likeness (QED) is 0.587. The first-order valence-corrected chi connectivity index (χ1v) is 5.04. The van der Waals surface area contributed by atoms with E-state index < -0.39 is 5.50 Å². The van der Waals surface area contributed by atoms with Crippen molar-refractivity contribution < 1.29 is 4.39 Å². The summed E-state index contributed by atoms with van der Waals surface area (Å²) < 4.78 is 12.3. The SMILES string of the molecule is CCCC(CC)CCC(F)S. The molecule has 11 heavy (non-hydrogen) atoms. The van der Waals surface area contributed by atoms with Crippen LogP contribution in [-0.4, -0.2) is 5.50 Å². The molecule has 0 aliphatic rings. The van der Waals surface area contributed by atoms with Gasteiger partial charge >= 0.3 is 0 Å². The fraction of sp³-hybridized carbons (Fsp3) is 1.00. The average molecular weight is 178 g/mol. The zero-order valence-corrected chi connectivity index (χ0v) is 8.41. The smallest absolute Gasteiger partial charge is 0.143 e. The molecule has 2 atom stereocenters. The van der Waals surface area contributed by atoms with Crippen LogP contribution >= 0.6 is 12.6 Å². The van der Waals surface area contributed by atoms with Gasteiger partial charge in [0.15, 0.2) is 0 Å². The number of hydrogen-bond acceptors (Lipinski definition) is 1. The first-order chi connectivity index (χ1) is 5.20. The summed E-state index contributed by atoms with van der Waals surface area (Å²) in [6, 6.07) is 0. The lowest BCUT2D eigenvalue weighted by molar-refractivity contribution is 0.356. The highest BCUT2D eigenvalue weighted by Gasteiger charge is 2.07. The Morgan fingerprint density at radius 1 is 1.18 bits per heavy atom. The summed E-state index contributed by atoms with van der Waals surface area (Å²) in [5.41, 5.74) is -0.916. The van der Waals surface area contributed by atoms with Crippen molar-refractivity contribution in [2.24, 2.45) is 5.92 Å². The Balaban J connectivity index is 3.35. The highest BCUT2D eigenvalue weighted by Crippen LogP contribution is 2.19. The molecule has 0 fully saturated rings. The van der Waals surface area contributed by atoms with E-state index in [4.69, 9.17) is 0 Å². The van der Waals surface area contributed by atoms with Gasteiger partial charge in [0.05, 0.1) is 0 Å². The molecule has 0 aliphatic heterocycles. The molecule has 0 spiro atoms. The predicted molar refractivity (Wildman–Crippen MR) is 51.8 cm³/mol. The minimum absolute atomic E-state index is 0.613. The molecule has 0 saturated heterocycles. The fourth-order valence-electron chi connectivity index (χ4n) is 1.33. The van der Waals surface area contributed by atoms with Crippen LogP contribution in [0.15, 0.2) is 0 Å². The number of alkyl halides is 1. The molecule has 0 bridgehead atoms. The average Bonchev–Trinajstić information content (AvgIpc) is 1.97. The van der Waals surface area contributed by atoms with Crippen molar-refractivity contribution in [3.05, 3.63) is 0 Å². The van der Waals surface area contributed by atoms with Gasteiger partial charge in [0.25, 0.3) is 0 Å². The van der Waals surface area contributed by atoms with Crippen molar-refractivity contribution in [2.75, 3.05) is 0 Å². The van der Waals surface area contributed by atoms with Crippen LogP contribution in [0.1, 0.15) is 46.0 Å². The van der Waals surface area contributed by atoms with Crippen molar-refractivity contribution in [1.29, 1.82) is 0 Å². The molecule has 0 saturated carbocycles. The van der Waals surface area contributed by atoms with Gasteiger partial charge in [0.1, 0.15) is 5.50 Å². The van der Waals surface area contributed by atoms with Crippen LogP contribution in [-0.2, 0) is 0 Å². The summed E-state index contributed by atoms with van der Waals surface area (Å²) in [7, 11) is 0. The molecule has 0 aliphatic carbocycles. The molecular formula is C9H19FS. The number of hydrogen-bond donors (Lipinski definition) is 1. The highest BCUT2D eigenvalue weighted by atomic mass is 32.1. The third kappa shape index (κ3) is 6.67. The summed E-state index contributed by atoms with van der Waals surface area (Å²) in [4.78, 5) is 0. The minimum Gasteiger partial charge on any atom is -0.236 e. The Labute approximate surface area is 75.0 Å². The van der Waals surface area contributed by atoms with E-state index in [0.29, 0.717) is 12.3 Å². The van der Waals surface area contributed by atoms with E-state index in [9.17, 15) is 4.39 Å². The van der Waals surface area contributed by atoms with Gasteiger partial charge in [-0.05, 0) is 18.8 Å². The number of halogens is 1. The lowest BCUT2D eigenvalue weighted by atomic mass is 9.96. The summed E-state index contributed by atoms with van der Waals surface area (Å²) in [5, 5.41) is 0.